The molecule has 18 heavy (non-hydrogen) atoms. The van der Waals surface area contributed by atoms with Crippen LogP contribution in [0.1, 0.15) is 18.7 Å². The number of nitrogens with two attached hydrogens (primary N) is 1. The van der Waals surface area contributed by atoms with Crippen LogP contribution in [0.25, 0.3) is 5.65 Å². The third-order valence-corrected chi connectivity index (χ3v) is 3.69. The molecule has 0 aromatic carbocycles. The second kappa shape index (κ2) is 4.57. The Hall–Kier alpha value is -1.62. The smallest absolute Gasteiger partial charge is 0.160 e. The van der Waals surface area contributed by atoms with E-state index in [-0.39, 0.29) is 0 Å². The van der Waals surface area contributed by atoms with Crippen LogP contribution in [0, 0.1) is 5.92 Å². The van der Waals surface area contributed by atoms with Crippen molar-refractivity contribution in [1.29, 1.82) is 0 Å². The lowest BCUT2D eigenvalue weighted by Crippen LogP contribution is -2.33. The van der Waals surface area contributed by atoms with Gasteiger partial charge in [-0.05, 0) is 44.5 Å². The van der Waals surface area contributed by atoms with Crippen molar-refractivity contribution in [2.45, 2.75) is 19.3 Å². The van der Waals surface area contributed by atoms with Crippen LogP contribution in [-0.2, 0) is 6.42 Å². The molecular formula is C13H19N5. The molecule has 1 atom stereocenters. The Kier molecular flexibility index (Phi) is 2.91. The number of nitrogen functional groups attached to an aromatic ring is 1. The number of aromatic nitrogens is 3. The Morgan fingerprint density at radius 3 is 3.11 bits per heavy atom. The number of fused-ring (bicyclic) bond motifs is 1. The van der Waals surface area contributed by atoms with Gasteiger partial charge < -0.3 is 10.6 Å². The number of hydrogen-bond acceptors (Lipinski definition) is 4. The Morgan fingerprint density at radius 1 is 1.39 bits per heavy atom. The number of rotatable bonds is 2. The van der Waals surface area contributed by atoms with Crippen LogP contribution in [0.5, 0.6) is 0 Å². The van der Waals surface area contributed by atoms with Gasteiger partial charge in [0.25, 0.3) is 0 Å². The second-order valence-electron chi connectivity index (χ2n) is 5.28. The van der Waals surface area contributed by atoms with Crippen molar-refractivity contribution in [3.8, 4) is 0 Å². The molecule has 1 aliphatic rings. The van der Waals surface area contributed by atoms with Gasteiger partial charge in [-0.15, -0.1) is 10.2 Å². The lowest BCUT2D eigenvalue weighted by molar-refractivity contribution is 0.207. The van der Waals surface area contributed by atoms with E-state index in [9.17, 15) is 0 Å². The molecule has 1 aliphatic heterocycles. The monoisotopic (exact) mass is 245 g/mol. The SMILES string of the molecule is CN1CCCC(Cc2nnc3ccc(N)cn23)C1. The highest BCUT2D eigenvalue weighted by molar-refractivity contribution is 5.47. The van der Waals surface area contributed by atoms with Crippen molar-refractivity contribution in [3.05, 3.63) is 24.2 Å². The zero-order valence-electron chi connectivity index (χ0n) is 10.7. The Morgan fingerprint density at radius 2 is 2.28 bits per heavy atom. The molecule has 3 heterocycles. The van der Waals surface area contributed by atoms with E-state index in [0.717, 1.165) is 30.1 Å². The van der Waals surface area contributed by atoms with Gasteiger partial charge in [0, 0.05) is 24.8 Å². The molecule has 1 fully saturated rings. The zero-order valence-corrected chi connectivity index (χ0v) is 10.7. The number of likely N-dealkylation sites (tertiary alicyclic amines) is 1. The van der Waals surface area contributed by atoms with E-state index in [1.165, 1.54) is 19.4 Å². The molecule has 96 valence electrons. The molecule has 2 N–H and O–H groups in total. The van der Waals surface area contributed by atoms with Gasteiger partial charge in [0.05, 0.1) is 0 Å². The average molecular weight is 245 g/mol. The number of piperidine rings is 1. The van der Waals surface area contributed by atoms with Gasteiger partial charge in [0.15, 0.2) is 5.65 Å². The number of nitrogens with zero attached hydrogens (tertiary/aromatic N) is 4. The molecule has 0 radical (unpaired) electrons. The van der Waals surface area contributed by atoms with Gasteiger partial charge >= 0.3 is 0 Å². The second-order valence-corrected chi connectivity index (χ2v) is 5.28. The molecule has 5 heteroatoms. The summed E-state index contributed by atoms with van der Waals surface area (Å²) in [5, 5.41) is 8.48. The molecule has 0 spiro atoms. The van der Waals surface area contributed by atoms with E-state index in [4.69, 9.17) is 5.73 Å². The standard InChI is InChI=1S/C13H19N5/c1-17-6-2-3-10(8-17)7-13-16-15-12-5-4-11(14)9-18(12)13/h4-5,9-10H,2-3,6-8,14H2,1H3. The average Bonchev–Trinajstić information content (AvgIpc) is 2.72. The minimum atomic E-state index is 0.678. The van der Waals surface area contributed by atoms with Crippen LogP contribution >= 0.6 is 0 Å². The van der Waals surface area contributed by atoms with Gasteiger partial charge in [-0.25, -0.2) is 0 Å². The zero-order chi connectivity index (χ0) is 12.5. The molecule has 2 aromatic heterocycles. The maximum absolute atomic E-state index is 5.82. The summed E-state index contributed by atoms with van der Waals surface area (Å²) in [6.07, 6.45) is 5.45. The topological polar surface area (TPSA) is 59.5 Å². The Labute approximate surface area is 107 Å². The third-order valence-electron chi connectivity index (χ3n) is 3.69. The van der Waals surface area contributed by atoms with Crippen molar-refractivity contribution < 1.29 is 0 Å². The first-order valence-corrected chi connectivity index (χ1v) is 6.50. The summed E-state index contributed by atoms with van der Waals surface area (Å²) in [7, 11) is 2.19. The molecule has 0 bridgehead atoms. The molecular weight excluding hydrogens is 226 g/mol. The van der Waals surface area contributed by atoms with Crippen LogP contribution in [-0.4, -0.2) is 39.6 Å². The highest BCUT2D eigenvalue weighted by atomic mass is 15.2. The molecule has 0 aliphatic carbocycles. The van der Waals surface area contributed by atoms with Crippen molar-refractivity contribution in [3.63, 3.8) is 0 Å². The summed E-state index contributed by atoms with van der Waals surface area (Å²) in [4.78, 5) is 2.39. The first-order chi connectivity index (χ1) is 8.72. The fourth-order valence-corrected chi connectivity index (χ4v) is 2.79. The summed E-state index contributed by atoms with van der Waals surface area (Å²) in [6.45, 7) is 2.36. The van der Waals surface area contributed by atoms with Gasteiger partial charge in [-0.3, -0.25) is 4.40 Å². The van der Waals surface area contributed by atoms with E-state index in [2.05, 4.69) is 22.1 Å². The maximum Gasteiger partial charge on any atom is 0.160 e. The van der Waals surface area contributed by atoms with Crippen LogP contribution in [0.3, 0.4) is 0 Å². The van der Waals surface area contributed by atoms with Gasteiger partial charge in [-0.1, -0.05) is 0 Å². The minimum Gasteiger partial charge on any atom is -0.398 e. The Balaban J connectivity index is 1.83. The number of hydrogen-bond donors (Lipinski definition) is 1. The highest BCUT2D eigenvalue weighted by Crippen LogP contribution is 2.20. The molecule has 5 nitrogen and oxygen atoms in total. The summed E-state index contributed by atoms with van der Waals surface area (Å²) in [5.41, 5.74) is 7.45. The first-order valence-electron chi connectivity index (χ1n) is 6.50. The predicted molar refractivity (Wildman–Crippen MR) is 71.3 cm³/mol. The van der Waals surface area contributed by atoms with Gasteiger partial charge in [-0.2, -0.15) is 0 Å². The van der Waals surface area contributed by atoms with E-state index >= 15 is 0 Å². The van der Waals surface area contributed by atoms with E-state index < -0.39 is 0 Å². The van der Waals surface area contributed by atoms with E-state index in [1.807, 2.05) is 22.7 Å². The van der Waals surface area contributed by atoms with Crippen LogP contribution in [0.2, 0.25) is 0 Å². The maximum atomic E-state index is 5.82. The summed E-state index contributed by atoms with van der Waals surface area (Å²) >= 11 is 0. The Bertz CT molecular complexity index is 547. The fourth-order valence-electron chi connectivity index (χ4n) is 2.79. The quantitative estimate of drug-likeness (QED) is 0.863. The van der Waals surface area contributed by atoms with Crippen LogP contribution in [0.15, 0.2) is 18.3 Å². The molecule has 1 unspecified atom stereocenters. The molecule has 0 saturated carbocycles. The summed E-state index contributed by atoms with van der Waals surface area (Å²) in [6, 6.07) is 3.78. The molecule has 1 saturated heterocycles. The lowest BCUT2D eigenvalue weighted by atomic mass is 9.95. The van der Waals surface area contributed by atoms with Crippen LogP contribution < -0.4 is 5.73 Å². The number of pyridine rings is 1. The van der Waals surface area contributed by atoms with E-state index in [0.29, 0.717) is 5.92 Å². The number of anilines is 1. The van der Waals surface area contributed by atoms with E-state index in [1.54, 1.807) is 0 Å². The van der Waals surface area contributed by atoms with Crippen molar-refractivity contribution in [2.75, 3.05) is 25.9 Å². The fraction of sp³-hybridized carbons (Fsp3) is 0.538. The minimum absolute atomic E-state index is 0.678. The van der Waals surface area contributed by atoms with Crippen molar-refractivity contribution in [2.24, 2.45) is 5.92 Å². The lowest BCUT2D eigenvalue weighted by Gasteiger charge is -2.29. The van der Waals surface area contributed by atoms with Crippen LogP contribution in [0.4, 0.5) is 5.69 Å². The largest absolute Gasteiger partial charge is 0.398 e. The first kappa shape index (κ1) is 11.5. The normalized spacial score (nSPS) is 21.5. The third kappa shape index (κ3) is 2.18. The van der Waals surface area contributed by atoms with Gasteiger partial charge in [0.2, 0.25) is 0 Å². The predicted octanol–water partition coefficient (Wildman–Crippen LogP) is 1.20. The van der Waals surface area contributed by atoms with Gasteiger partial charge in [0.1, 0.15) is 5.82 Å². The molecule has 3 rings (SSSR count). The highest BCUT2D eigenvalue weighted by Gasteiger charge is 2.19. The summed E-state index contributed by atoms with van der Waals surface area (Å²) < 4.78 is 2.02. The molecule has 0 amide bonds. The summed E-state index contributed by atoms with van der Waals surface area (Å²) in [5.74, 6) is 1.70. The molecule has 2 aromatic rings. The van der Waals surface area contributed by atoms with Crippen molar-refractivity contribution in [1.82, 2.24) is 19.5 Å². The van der Waals surface area contributed by atoms with Crippen molar-refractivity contribution >= 4 is 11.3 Å².